The summed E-state index contributed by atoms with van der Waals surface area (Å²) in [5, 5.41) is 5.10. The van der Waals surface area contributed by atoms with E-state index in [9.17, 15) is 0 Å². The second-order valence-electron chi connectivity index (χ2n) is 13.8. The van der Waals surface area contributed by atoms with Crippen LogP contribution in [0.1, 0.15) is 25.0 Å². The summed E-state index contributed by atoms with van der Waals surface area (Å²) in [5.74, 6) is 0.902. The minimum absolute atomic E-state index is 0.158. The first-order chi connectivity index (χ1) is 24.6. The molecule has 0 N–H and O–H groups in total. The highest BCUT2D eigenvalue weighted by Gasteiger charge is 2.39. The summed E-state index contributed by atoms with van der Waals surface area (Å²) in [6.07, 6.45) is 2.02. The molecule has 0 amide bonds. The topological polar surface area (TPSA) is 30.7 Å². The van der Waals surface area contributed by atoms with Gasteiger partial charge in [-0.1, -0.05) is 141 Å². The zero-order chi connectivity index (χ0) is 33.4. The molecular weight excluding hydrogens is 607 g/mol. The molecule has 0 atom stereocenters. The molecule has 236 valence electrons. The van der Waals surface area contributed by atoms with Crippen molar-refractivity contribution in [1.82, 2.24) is 14.5 Å². The standard InChI is InChI=1S/C47H33N3/c1-47(2)38-23-13-11-21-36(38)43-34-19-9-10-20-35(34)46-44(45(43)47)37-22-12-14-24-41(37)50(46)42-26-25-32(29-48-42)33-27-39(30-15-5-3-6-16-30)49-40(28-33)31-17-7-4-8-18-31/h3-29H,1-2H3. The highest BCUT2D eigenvalue weighted by Crippen LogP contribution is 2.56. The number of aromatic nitrogens is 3. The number of fused-ring (bicyclic) bond motifs is 10. The van der Waals surface area contributed by atoms with Crippen molar-refractivity contribution in [1.29, 1.82) is 0 Å². The summed E-state index contributed by atoms with van der Waals surface area (Å²) in [6, 6.07) is 56.2. The van der Waals surface area contributed by atoms with Gasteiger partial charge in [-0.3, -0.25) is 4.57 Å². The first-order valence-corrected chi connectivity index (χ1v) is 17.3. The van der Waals surface area contributed by atoms with E-state index in [1.165, 1.54) is 49.3 Å². The Balaban J connectivity index is 1.21. The van der Waals surface area contributed by atoms with Crippen molar-refractivity contribution in [3.8, 4) is 50.6 Å². The van der Waals surface area contributed by atoms with E-state index >= 15 is 0 Å². The first-order valence-electron chi connectivity index (χ1n) is 17.3. The Morgan fingerprint density at radius 3 is 1.80 bits per heavy atom. The fourth-order valence-corrected chi connectivity index (χ4v) is 8.34. The molecule has 3 heteroatoms. The number of rotatable bonds is 4. The molecule has 3 nitrogen and oxygen atoms in total. The first kappa shape index (κ1) is 28.7. The van der Waals surface area contributed by atoms with Gasteiger partial charge in [0.05, 0.1) is 22.4 Å². The van der Waals surface area contributed by atoms with E-state index in [0.29, 0.717) is 0 Å². The van der Waals surface area contributed by atoms with Crippen LogP contribution in [0.4, 0.5) is 0 Å². The maximum Gasteiger partial charge on any atom is 0.137 e. The normalized spacial score (nSPS) is 13.2. The lowest BCUT2D eigenvalue weighted by atomic mass is 9.79. The van der Waals surface area contributed by atoms with Gasteiger partial charge in [0.25, 0.3) is 0 Å². The Morgan fingerprint density at radius 2 is 1.12 bits per heavy atom. The van der Waals surface area contributed by atoms with Gasteiger partial charge >= 0.3 is 0 Å². The molecule has 3 heterocycles. The Morgan fingerprint density at radius 1 is 0.520 bits per heavy atom. The molecule has 0 spiro atoms. The molecule has 1 aliphatic rings. The third-order valence-electron chi connectivity index (χ3n) is 10.6. The molecule has 1 aliphatic carbocycles. The monoisotopic (exact) mass is 639 g/mol. The second kappa shape index (κ2) is 10.8. The second-order valence-corrected chi connectivity index (χ2v) is 13.8. The molecule has 10 rings (SSSR count). The predicted molar refractivity (Wildman–Crippen MR) is 208 cm³/mol. The van der Waals surface area contributed by atoms with E-state index < -0.39 is 0 Å². The van der Waals surface area contributed by atoms with Crippen LogP contribution in [0.3, 0.4) is 0 Å². The van der Waals surface area contributed by atoms with Crippen molar-refractivity contribution in [2.75, 3.05) is 0 Å². The van der Waals surface area contributed by atoms with Gasteiger partial charge < -0.3 is 0 Å². The van der Waals surface area contributed by atoms with Crippen molar-refractivity contribution >= 4 is 32.6 Å². The van der Waals surface area contributed by atoms with Crippen molar-refractivity contribution in [3.05, 3.63) is 175 Å². The van der Waals surface area contributed by atoms with E-state index in [0.717, 1.165) is 45.0 Å². The van der Waals surface area contributed by atoms with Crippen LogP contribution in [0.15, 0.2) is 164 Å². The van der Waals surface area contributed by atoms with Crippen LogP contribution in [0.25, 0.3) is 83.2 Å². The van der Waals surface area contributed by atoms with Crippen molar-refractivity contribution in [2.45, 2.75) is 19.3 Å². The van der Waals surface area contributed by atoms with E-state index in [1.807, 2.05) is 18.3 Å². The Hall–Kier alpha value is -6.32. The van der Waals surface area contributed by atoms with Crippen LogP contribution < -0.4 is 0 Å². The molecule has 0 aliphatic heterocycles. The largest absolute Gasteiger partial charge is 0.293 e. The number of hydrogen-bond donors (Lipinski definition) is 0. The summed E-state index contributed by atoms with van der Waals surface area (Å²) in [5.41, 5.74) is 13.9. The average molecular weight is 640 g/mol. The number of benzene rings is 6. The van der Waals surface area contributed by atoms with Gasteiger partial charge in [0.15, 0.2) is 0 Å². The van der Waals surface area contributed by atoms with Gasteiger partial charge in [-0.25, -0.2) is 9.97 Å². The average Bonchev–Trinajstić information content (AvgIpc) is 3.65. The third kappa shape index (κ3) is 4.17. The molecule has 50 heavy (non-hydrogen) atoms. The highest BCUT2D eigenvalue weighted by atomic mass is 15.1. The minimum atomic E-state index is -0.158. The zero-order valence-corrected chi connectivity index (χ0v) is 27.9. The van der Waals surface area contributed by atoms with E-state index in [1.54, 1.807) is 0 Å². The van der Waals surface area contributed by atoms with Crippen molar-refractivity contribution in [3.63, 3.8) is 0 Å². The summed E-state index contributed by atoms with van der Waals surface area (Å²) >= 11 is 0. The van der Waals surface area contributed by atoms with Gasteiger partial charge in [0.1, 0.15) is 5.82 Å². The van der Waals surface area contributed by atoms with Gasteiger partial charge in [0, 0.05) is 44.5 Å². The molecular formula is C47H33N3. The fourth-order valence-electron chi connectivity index (χ4n) is 8.34. The van der Waals surface area contributed by atoms with E-state index in [2.05, 4.69) is 164 Å². The van der Waals surface area contributed by atoms with Gasteiger partial charge in [-0.2, -0.15) is 0 Å². The Kier molecular flexibility index (Phi) is 6.22. The van der Waals surface area contributed by atoms with Crippen LogP contribution in [0.2, 0.25) is 0 Å². The maximum absolute atomic E-state index is 5.22. The molecule has 0 unspecified atom stereocenters. The van der Waals surface area contributed by atoms with Crippen molar-refractivity contribution < 1.29 is 0 Å². The van der Waals surface area contributed by atoms with Crippen LogP contribution in [0, 0.1) is 0 Å². The van der Waals surface area contributed by atoms with Crippen LogP contribution in [0.5, 0.6) is 0 Å². The molecule has 0 fully saturated rings. The summed E-state index contributed by atoms with van der Waals surface area (Å²) in [4.78, 5) is 10.3. The van der Waals surface area contributed by atoms with Crippen LogP contribution in [-0.2, 0) is 5.41 Å². The number of pyridine rings is 2. The molecule has 9 aromatic rings. The third-order valence-corrected chi connectivity index (χ3v) is 10.6. The Labute approximate surface area is 291 Å². The lowest BCUT2D eigenvalue weighted by Crippen LogP contribution is -2.15. The van der Waals surface area contributed by atoms with Gasteiger partial charge in [-0.05, 0) is 63.5 Å². The summed E-state index contributed by atoms with van der Waals surface area (Å²) in [6.45, 7) is 4.76. The molecule has 0 bridgehead atoms. The van der Waals surface area contributed by atoms with E-state index in [-0.39, 0.29) is 5.41 Å². The SMILES string of the molecule is CC1(C)c2ccccc2-c2c1c1c3ccccc3n(-c3ccc(-c4cc(-c5ccccc5)nc(-c5ccccc5)c4)cn3)c1c1ccccc21. The summed E-state index contributed by atoms with van der Waals surface area (Å²) in [7, 11) is 0. The quantitative estimate of drug-likeness (QED) is 0.192. The van der Waals surface area contributed by atoms with Gasteiger partial charge in [0.2, 0.25) is 0 Å². The van der Waals surface area contributed by atoms with Gasteiger partial charge in [-0.15, -0.1) is 0 Å². The number of hydrogen-bond acceptors (Lipinski definition) is 2. The van der Waals surface area contributed by atoms with E-state index in [4.69, 9.17) is 9.97 Å². The lowest BCUT2D eigenvalue weighted by molar-refractivity contribution is 0.667. The smallest absolute Gasteiger partial charge is 0.137 e. The number of nitrogens with zero attached hydrogens (tertiary/aromatic N) is 3. The fraction of sp³-hybridized carbons (Fsp3) is 0.0638. The summed E-state index contributed by atoms with van der Waals surface area (Å²) < 4.78 is 2.38. The lowest BCUT2D eigenvalue weighted by Gasteiger charge is -2.23. The predicted octanol–water partition coefficient (Wildman–Crippen LogP) is 12.0. The molecule has 6 aromatic carbocycles. The maximum atomic E-state index is 5.22. The van der Waals surface area contributed by atoms with Crippen molar-refractivity contribution in [2.24, 2.45) is 0 Å². The Bertz CT molecular complexity index is 2700. The molecule has 3 aromatic heterocycles. The highest BCUT2D eigenvalue weighted by molar-refractivity contribution is 6.25. The molecule has 0 saturated heterocycles. The zero-order valence-electron chi connectivity index (χ0n) is 27.9. The molecule has 0 radical (unpaired) electrons. The number of para-hydroxylation sites is 1. The van der Waals surface area contributed by atoms with Crippen LogP contribution >= 0.6 is 0 Å². The minimum Gasteiger partial charge on any atom is -0.293 e. The molecule has 0 saturated carbocycles. The van der Waals surface area contributed by atoms with Crippen LogP contribution in [-0.4, -0.2) is 14.5 Å².